The van der Waals surface area contributed by atoms with Gasteiger partial charge in [-0.15, -0.1) is 11.3 Å². The Bertz CT molecular complexity index is 1100. The molecule has 1 aliphatic heterocycles. The van der Waals surface area contributed by atoms with Crippen LogP contribution in [0.3, 0.4) is 0 Å². The Labute approximate surface area is 186 Å². The fraction of sp³-hybridized carbons (Fsp3) is 0.333. The largest absolute Gasteiger partial charge is 0.339 e. The van der Waals surface area contributed by atoms with Crippen molar-refractivity contribution in [1.82, 2.24) is 19.8 Å². The van der Waals surface area contributed by atoms with Crippen molar-refractivity contribution in [2.45, 2.75) is 27.2 Å². The first-order valence-electron chi connectivity index (χ1n) is 10.4. The first kappa shape index (κ1) is 21.2. The van der Waals surface area contributed by atoms with Gasteiger partial charge in [0, 0.05) is 43.6 Å². The average molecular weight is 435 g/mol. The van der Waals surface area contributed by atoms with Gasteiger partial charge in [0.15, 0.2) is 0 Å². The molecule has 6 nitrogen and oxygen atoms in total. The highest BCUT2D eigenvalue weighted by molar-refractivity contribution is 7.17. The number of rotatable bonds is 4. The Kier molecular flexibility index (Phi) is 6.13. The SMILES string of the molecule is Cc1ccc(-c2nc(C)c(C(=O)N3CCN(C(=O)Cc4ccccn4)CC3)s2)c(C)c1. The highest BCUT2D eigenvalue weighted by Crippen LogP contribution is 2.31. The number of aromatic nitrogens is 2. The summed E-state index contributed by atoms with van der Waals surface area (Å²) >= 11 is 1.45. The molecule has 1 fully saturated rings. The van der Waals surface area contributed by atoms with E-state index >= 15 is 0 Å². The number of pyridine rings is 1. The molecule has 7 heteroatoms. The summed E-state index contributed by atoms with van der Waals surface area (Å²) in [5, 5.41) is 0.877. The maximum absolute atomic E-state index is 13.2. The zero-order valence-electron chi connectivity index (χ0n) is 18.1. The fourth-order valence-corrected chi connectivity index (χ4v) is 4.96. The first-order valence-corrected chi connectivity index (χ1v) is 11.3. The Morgan fingerprint density at radius 2 is 1.74 bits per heavy atom. The number of nitrogens with zero attached hydrogens (tertiary/aromatic N) is 4. The number of carbonyl (C=O) groups is 2. The van der Waals surface area contributed by atoms with Crippen LogP contribution in [0.25, 0.3) is 10.6 Å². The van der Waals surface area contributed by atoms with Crippen molar-refractivity contribution < 1.29 is 9.59 Å². The lowest BCUT2D eigenvalue weighted by Gasteiger charge is -2.34. The molecule has 4 rings (SSSR count). The molecule has 2 amide bonds. The van der Waals surface area contributed by atoms with Crippen molar-refractivity contribution in [3.63, 3.8) is 0 Å². The van der Waals surface area contributed by atoms with Crippen molar-refractivity contribution in [2.24, 2.45) is 0 Å². The van der Waals surface area contributed by atoms with Crippen LogP contribution in [0, 0.1) is 20.8 Å². The third-order valence-corrected chi connectivity index (χ3v) is 6.76. The van der Waals surface area contributed by atoms with E-state index in [1.807, 2.05) is 34.9 Å². The summed E-state index contributed by atoms with van der Waals surface area (Å²) in [4.78, 5) is 38.9. The van der Waals surface area contributed by atoms with Gasteiger partial charge in [0.05, 0.1) is 12.1 Å². The lowest BCUT2D eigenvalue weighted by atomic mass is 10.1. The molecule has 160 valence electrons. The van der Waals surface area contributed by atoms with Crippen LogP contribution >= 0.6 is 11.3 Å². The summed E-state index contributed by atoms with van der Waals surface area (Å²) in [6, 6.07) is 11.9. The Morgan fingerprint density at radius 1 is 1.00 bits per heavy atom. The fourth-order valence-electron chi connectivity index (χ4n) is 3.84. The topological polar surface area (TPSA) is 66.4 Å². The molecule has 0 unspecified atom stereocenters. The number of carbonyl (C=O) groups excluding carboxylic acids is 2. The Hall–Kier alpha value is -3.06. The van der Waals surface area contributed by atoms with E-state index in [0.717, 1.165) is 27.5 Å². The van der Waals surface area contributed by atoms with Crippen LogP contribution in [0.2, 0.25) is 0 Å². The number of aryl methyl sites for hydroxylation is 3. The summed E-state index contributed by atoms with van der Waals surface area (Å²) in [6.07, 6.45) is 1.99. The van der Waals surface area contributed by atoms with Crippen LogP contribution in [-0.2, 0) is 11.2 Å². The number of benzene rings is 1. The third-order valence-electron chi connectivity index (χ3n) is 5.58. The molecule has 0 saturated carbocycles. The van der Waals surface area contributed by atoms with E-state index in [1.54, 1.807) is 6.20 Å². The molecular weight excluding hydrogens is 408 g/mol. The highest BCUT2D eigenvalue weighted by atomic mass is 32.1. The van der Waals surface area contributed by atoms with Crippen molar-refractivity contribution in [1.29, 1.82) is 0 Å². The quantitative estimate of drug-likeness (QED) is 0.629. The molecule has 31 heavy (non-hydrogen) atoms. The van der Waals surface area contributed by atoms with Crippen molar-refractivity contribution in [2.75, 3.05) is 26.2 Å². The number of piperazine rings is 1. The Balaban J connectivity index is 1.41. The lowest BCUT2D eigenvalue weighted by molar-refractivity contribution is -0.132. The van der Waals surface area contributed by atoms with Crippen LogP contribution in [0.5, 0.6) is 0 Å². The maximum Gasteiger partial charge on any atom is 0.265 e. The predicted molar refractivity (Wildman–Crippen MR) is 122 cm³/mol. The van der Waals surface area contributed by atoms with Gasteiger partial charge in [-0.05, 0) is 38.5 Å². The van der Waals surface area contributed by atoms with Gasteiger partial charge in [-0.1, -0.05) is 29.8 Å². The Morgan fingerprint density at radius 3 is 2.42 bits per heavy atom. The highest BCUT2D eigenvalue weighted by Gasteiger charge is 2.27. The molecule has 0 spiro atoms. The van der Waals surface area contributed by atoms with Crippen LogP contribution in [0.15, 0.2) is 42.6 Å². The van der Waals surface area contributed by atoms with E-state index in [2.05, 4.69) is 42.0 Å². The summed E-state index contributed by atoms with van der Waals surface area (Å²) < 4.78 is 0. The van der Waals surface area contributed by atoms with Gasteiger partial charge in [-0.3, -0.25) is 14.6 Å². The summed E-state index contributed by atoms with van der Waals surface area (Å²) in [5.41, 5.74) is 4.97. The van der Waals surface area contributed by atoms with Gasteiger partial charge >= 0.3 is 0 Å². The lowest BCUT2D eigenvalue weighted by Crippen LogP contribution is -2.51. The molecule has 0 aliphatic carbocycles. The molecule has 1 aromatic carbocycles. The molecule has 0 bridgehead atoms. The van der Waals surface area contributed by atoms with E-state index in [9.17, 15) is 9.59 Å². The number of hydrogen-bond acceptors (Lipinski definition) is 5. The maximum atomic E-state index is 13.2. The molecular formula is C24H26N4O2S. The molecule has 1 saturated heterocycles. The second kappa shape index (κ2) is 8.98. The second-order valence-electron chi connectivity index (χ2n) is 7.92. The van der Waals surface area contributed by atoms with Gasteiger partial charge in [0.25, 0.3) is 5.91 Å². The summed E-state index contributed by atoms with van der Waals surface area (Å²) in [7, 11) is 0. The van der Waals surface area contributed by atoms with Gasteiger partial charge in [-0.25, -0.2) is 4.98 Å². The van der Waals surface area contributed by atoms with E-state index in [4.69, 9.17) is 0 Å². The third kappa shape index (κ3) is 4.66. The minimum Gasteiger partial charge on any atom is -0.339 e. The van der Waals surface area contributed by atoms with Gasteiger partial charge in [0.2, 0.25) is 5.91 Å². The van der Waals surface area contributed by atoms with E-state index in [0.29, 0.717) is 37.5 Å². The van der Waals surface area contributed by atoms with Crippen LogP contribution in [-0.4, -0.2) is 57.8 Å². The molecule has 0 atom stereocenters. The van der Waals surface area contributed by atoms with Crippen molar-refractivity contribution in [3.05, 3.63) is 70.0 Å². The molecule has 2 aromatic heterocycles. The number of amides is 2. The summed E-state index contributed by atoms with van der Waals surface area (Å²) in [5.74, 6) is 0.0553. The standard InChI is InChI=1S/C24H26N4O2S/c1-16-7-8-20(17(2)14-16)23-26-18(3)22(31-23)24(30)28-12-10-27(11-13-28)21(29)15-19-6-4-5-9-25-19/h4-9,14H,10-13,15H2,1-3H3. The molecule has 0 N–H and O–H groups in total. The molecule has 3 heterocycles. The molecule has 1 aliphatic rings. The molecule has 0 radical (unpaired) electrons. The first-order chi connectivity index (χ1) is 14.9. The minimum absolute atomic E-state index is 0.00263. The minimum atomic E-state index is 0.00263. The van der Waals surface area contributed by atoms with Gasteiger partial charge in [0.1, 0.15) is 9.88 Å². The van der Waals surface area contributed by atoms with Gasteiger partial charge < -0.3 is 9.80 Å². The normalized spacial score (nSPS) is 14.0. The van der Waals surface area contributed by atoms with Crippen molar-refractivity contribution in [3.8, 4) is 10.6 Å². The van der Waals surface area contributed by atoms with Crippen LogP contribution < -0.4 is 0 Å². The van der Waals surface area contributed by atoms with Crippen molar-refractivity contribution >= 4 is 23.2 Å². The van der Waals surface area contributed by atoms with E-state index in [-0.39, 0.29) is 11.8 Å². The predicted octanol–water partition coefficient (Wildman–Crippen LogP) is 3.66. The summed E-state index contributed by atoms with van der Waals surface area (Å²) in [6.45, 7) is 8.18. The van der Waals surface area contributed by atoms with Crippen LogP contribution in [0.1, 0.15) is 32.2 Å². The zero-order chi connectivity index (χ0) is 22.0. The number of hydrogen-bond donors (Lipinski definition) is 0. The van der Waals surface area contributed by atoms with Crippen LogP contribution in [0.4, 0.5) is 0 Å². The second-order valence-corrected chi connectivity index (χ2v) is 8.92. The molecule has 3 aromatic rings. The van der Waals surface area contributed by atoms with E-state index in [1.165, 1.54) is 16.9 Å². The zero-order valence-corrected chi connectivity index (χ0v) is 18.9. The van der Waals surface area contributed by atoms with E-state index < -0.39 is 0 Å². The average Bonchev–Trinajstić information content (AvgIpc) is 3.15. The number of thiazole rings is 1. The monoisotopic (exact) mass is 434 g/mol. The smallest absolute Gasteiger partial charge is 0.265 e. The van der Waals surface area contributed by atoms with Gasteiger partial charge in [-0.2, -0.15) is 0 Å².